The van der Waals surface area contributed by atoms with Crippen molar-refractivity contribution in [3.63, 3.8) is 0 Å². The van der Waals surface area contributed by atoms with Gasteiger partial charge in [0.2, 0.25) is 0 Å². The summed E-state index contributed by atoms with van der Waals surface area (Å²) < 4.78 is 9.69. The van der Waals surface area contributed by atoms with Gasteiger partial charge in [-0.1, -0.05) is 29.8 Å². The van der Waals surface area contributed by atoms with Gasteiger partial charge in [0.05, 0.1) is 18.0 Å². The van der Waals surface area contributed by atoms with Crippen LogP contribution in [0.4, 0.5) is 16.2 Å². The molecule has 0 fully saturated rings. The van der Waals surface area contributed by atoms with Crippen LogP contribution in [-0.4, -0.2) is 24.6 Å². The number of para-hydroxylation sites is 2. The predicted octanol–water partition coefficient (Wildman–Crippen LogP) is 5.03. The summed E-state index contributed by atoms with van der Waals surface area (Å²) in [6.07, 6.45) is -0.807. The number of hydrogen-bond donors (Lipinski definition) is 2. The second-order valence-corrected chi connectivity index (χ2v) is 6.63. The van der Waals surface area contributed by atoms with E-state index in [0.717, 1.165) is 5.56 Å². The molecule has 0 bridgehead atoms. The van der Waals surface area contributed by atoms with Crippen LogP contribution in [0.25, 0.3) is 0 Å². The summed E-state index contributed by atoms with van der Waals surface area (Å²) in [6, 6.07) is 20.2. The van der Waals surface area contributed by atoms with Gasteiger partial charge in [0.15, 0.2) is 0 Å². The van der Waals surface area contributed by atoms with Crippen LogP contribution in [-0.2, 0) is 4.74 Å². The van der Waals surface area contributed by atoms with Crippen molar-refractivity contribution in [1.29, 1.82) is 0 Å². The minimum Gasteiger partial charge on any atom is -0.434 e. The van der Waals surface area contributed by atoms with Gasteiger partial charge in [-0.15, -0.1) is 0 Å². The van der Waals surface area contributed by atoms with Crippen LogP contribution in [0.1, 0.15) is 33.2 Å². The zero-order valence-corrected chi connectivity index (χ0v) is 17.2. The number of aryl methyl sites for hydroxylation is 1. The average Bonchev–Trinajstić information content (AvgIpc) is 2.75. The van der Waals surface area contributed by atoms with E-state index in [1.165, 1.54) is 24.3 Å². The number of rotatable bonds is 6. The Labute approximate surface area is 180 Å². The fraction of sp³-hybridized carbons (Fsp3) is 0.125. The summed E-state index contributed by atoms with van der Waals surface area (Å²) in [7, 11) is 0. The first-order chi connectivity index (χ1) is 15.0. The van der Waals surface area contributed by atoms with E-state index in [-0.39, 0.29) is 24.2 Å². The van der Waals surface area contributed by atoms with Crippen LogP contribution in [0.3, 0.4) is 0 Å². The standard InChI is InChI=1S/C24H22N2O5/c1-3-30-24(29)31-19-13-11-17(12-14-19)22(27)25-20-9-4-5-10-21(20)26-23(28)18-8-6-7-16(2)15-18/h4-15H,3H2,1-2H3,(H,25,27)(H,26,28). The largest absolute Gasteiger partial charge is 0.513 e. The minimum absolute atomic E-state index is 0.207. The maximum atomic E-state index is 12.6. The first-order valence-electron chi connectivity index (χ1n) is 9.69. The van der Waals surface area contributed by atoms with Gasteiger partial charge in [-0.2, -0.15) is 0 Å². The Balaban J connectivity index is 1.69. The quantitative estimate of drug-likeness (QED) is 0.432. The molecule has 0 aliphatic rings. The first-order valence-corrected chi connectivity index (χ1v) is 9.69. The highest BCUT2D eigenvalue weighted by Gasteiger charge is 2.13. The molecule has 7 nitrogen and oxygen atoms in total. The third-order valence-corrected chi connectivity index (χ3v) is 4.28. The number of anilines is 2. The number of carbonyl (C=O) groups excluding carboxylic acids is 3. The van der Waals surface area contributed by atoms with Crippen LogP contribution in [0, 0.1) is 6.92 Å². The fourth-order valence-corrected chi connectivity index (χ4v) is 2.79. The van der Waals surface area contributed by atoms with Gasteiger partial charge in [-0.05, 0) is 62.4 Å². The van der Waals surface area contributed by atoms with E-state index < -0.39 is 6.16 Å². The Bertz CT molecular complexity index is 1090. The Morgan fingerprint density at radius 2 is 1.39 bits per heavy atom. The molecular weight excluding hydrogens is 396 g/mol. The van der Waals surface area contributed by atoms with Crippen LogP contribution >= 0.6 is 0 Å². The minimum atomic E-state index is -0.807. The summed E-state index contributed by atoms with van der Waals surface area (Å²) in [5.74, 6) is -0.383. The smallest absolute Gasteiger partial charge is 0.434 e. The van der Waals surface area contributed by atoms with Gasteiger partial charge in [-0.3, -0.25) is 9.59 Å². The molecule has 2 amide bonds. The van der Waals surface area contributed by atoms with E-state index in [1.807, 2.05) is 19.1 Å². The summed E-state index contributed by atoms with van der Waals surface area (Å²) in [5, 5.41) is 5.62. The molecule has 3 aromatic rings. The van der Waals surface area contributed by atoms with Crippen LogP contribution in [0.5, 0.6) is 5.75 Å². The van der Waals surface area contributed by atoms with Gasteiger partial charge >= 0.3 is 6.16 Å². The Morgan fingerprint density at radius 1 is 0.774 bits per heavy atom. The maximum absolute atomic E-state index is 12.6. The second-order valence-electron chi connectivity index (χ2n) is 6.63. The Hall–Kier alpha value is -4.13. The molecule has 31 heavy (non-hydrogen) atoms. The average molecular weight is 418 g/mol. The maximum Gasteiger partial charge on any atom is 0.513 e. The molecule has 0 aliphatic carbocycles. The lowest BCUT2D eigenvalue weighted by Crippen LogP contribution is -2.17. The molecule has 0 heterocycles. The molecule has 158 valence electrons. The molecule has 0 spiro atoms. The molecule has 0 atom stereocenters. The highest BCUT2D eigenvalue weighted by Crippen LogP contribution is 2.23. The van der Waals surface area contributed by atoms with Crippen molar-refractivity contribution in [3.05, 3.63) is 89.5 Å². The van der Waals surface area contributed by atoms with Crippen molar-refractivity contribution in [1.82, 2.24) is 0 Å². The van der Waals surface area contributed by atoms with Crippen molar-refractivity contribution in [2.45, 2.75) is 13.8 Å². The fourth-order valence-electron chi connectivity index (χ4n) is 2.79. The molecule has 0 saturated heterocycles. The van der Waals surface area contributed by atoms with Gasteiger partial charge in [-0.25, -0.2) is 4.79 Å². The van der Waals surface area contributed by atoms with Crippen LogP contribution in [0.15, 0.2) is 72.8 Å². The van der Waals surface area contributed by atoms with E-state index in [0.29, 0.717) is 22.5 Å². The van der Waals surface area contributed by atoms with E-state index in [2.05, 4.69) is 10.6 Å². The predicted molar refractivity (Wildman–Crippen MR) is 118 cm³/mol. The van der Waals surface area contributed by atoms with E-state index in [1.54, 1.807) is 43.3 Å². The highest BCUT2D eigenvalue weighted by molar-refractivity contribution is 6.10. The number of amides is 2. The van der Waals surface area contributed by atoms with Crippen LogP contribution < -0.4 is 15.4 Å². The molecule has 3 rings (SSSR count). The monoisotopic (exact) mass is 418 g/mol. The second kappa shape index (κ2) is 10.1. The summed E-state index contributed by atoms with van der Waals surface area (Å²) in [5.41, 5.74) is 2.80. The van der Waals surface area contributed by atoms with E-state index >= 15 is 0 Å². The van der Waals surface area contributed by atoms with E-state index in [9.17, 15) is 14.4 Å². The molecule has 2 N–H and O–H groups in total. The Morgan fingerprint density at radius 3 is 1.97 bits per heavy atom. The van der Waals surface area contributed by atoms with Gasteiger partial charge < -0.3 is 20.1 Å². The zero-order valence-electron chi connectivity index (χ0n) is 17.2. The molecule has 0 aliphatic heterocycles. The van der Waals surface area contributed by atoms with E-state index in [4.69, 9.17) is 9.47 Å². The van der Waals surface area contributed by atoms with Crippen molar-refractivity contribution in [3.8, 4) is 5.75 Å². The third-order valence-electron chi connectivity index (χ3n) is 4.28. The highest BCUT2D eigenvalue weighted by atomic mass is 16.7. The lowest BCUT2D eigenvalue weighted by Gasteiger charge is -2.13. The van der Waals surface area contributed by atoms with Gasteiger partial charge in [0.1, 0.15) is 5.75 Å². The third kappa shape index (κ3) is 5.93. The van der Waals surface area contributed by atoms with Crippen molar-refractivity contribution >= 4 is 29.3 Å². The Kier molecular flexibility index (Phi) is 7.01. The van der Waals surface area contributed by atoms with Gasteiger partial charge in [0.25, 0.3) is 11.8 Å². The molecule has 0 aromatic heterocycles. The lowest BCUT2D eigenvalue weighted by atomic mass is 10.1. The lowest BCUT2D eigenvalue weighted by molar-refractivity contribution is 0.101. The number of benzene rings is 3. The number of carbonyl (C=O) groups is 3. The molecule has 3 aromatic carbocycles. The SMILES string of the molecule is CCOC(=O)Oc1ccc(C(=O)Nc2ccccc2NC(=O)c2cccc(C)c2)cc1. The number of nitrogens with one attached hydrogen (secondary N) is 2. The van der Waals surface area contributed by atoms with Crippen LogP contribution in [0.2, 0.25) is 0 Å². The van der Waals surface area contributed by atoms with Gasteiger partial charge in [0, 0.05) is 11.1 Å². The molecular formula is C24H22N2O5. The van der Waals surface area contributed by atoms with Crippen molar-refractivity contribution < 1.29 is 23.9 Å². The number of ether oxygens (including phenoxy) is 2. The van der Waals surface area contributed by atoms with Crippen molar-refractivity contribution in [2.24, 2.45) is 0 Å². The zero-order chi connectivity index (χ0) is 22.2. The summed E-state index contributed by atoms with van der Waals surface area (Å²) in [4.78, 5) is 36.6. The van der Waals surface area contributed by atoms with Crippen molar-refractivity contribution in [2.75, 3.05) is 17.2 Å². The first kappa shape index (κ1) is 21.6. The molecule has 7 heteroatoms. The summed E-state index contributed by atoms with van der Waals surface area (Å²) >= 11 is 0. The normalized spacial score (nSPS) is 10.1. The summed E-state index contributed by atoms with van der Waals surface area (Å²) in [6.45, 7) is 3.79. The molecule has 0 radical (unpaired) electrons. The molecule has 0 unspecified atom stereocenters. The number of hydrogen-bond acceptors (Lipinski definition) is 5. The topological polar surface area (TPSA) is 93.7 Å². The molecule has 0 saturated carbocycles.